The van der Waals surface area contributed by atoms with Crippen LogP contribution in [0, 0.1) is 0 Å². The number of benzene rings is 1. The van der Waals surface area contributed by atoms with E-state index < -0.39 is 0 Å². The molecule has 0 radical (unpaired) electrons. The first-order valence-corrected chi connectivity index (χ1v) is 5.66. The first-order valence-electron chi connectivity index (χ1n) is 5.66. The Bertz CT molecular complexity index is 230. The number of rotatable bonds is 6. The zero-order valence-electron chi connectivity index (χ0n) is 9.29. The van der Waals surface area contributed by atoms with Crippen molar-refractivity contribution in [3.63, 3.8) is 0 Å². The first-order chi connectivity index (χ1) is 6.88. The monoisotopic (exact) mass is 191 g/mol. The molecule has 0 aliphatic heterocycles. The van der Waals surface area contributed by atoms with Gasteiger partial charge in [0.15, 0.2) is 0 Å². The Balaban J connectivity index is 2.58. The van der Waals surface area contributed by atoms with E-state index in [1.54, 1.807) is 0 Å². The van der Waals surface area contributed by atoms with Crippen LogP contribution >= 0.6 is 0 Å². The van der Waals surface area contributed by atoms with Crippen molar-refractivity contribution in [3.05, 3.63) is 35.9 Å². The molecule has 78 valence electrons. The van der Waals surface area contributed by atoms with Gasteiger partial charge >= 0.3 is 0 Å². The Hall–Kier alpha value is -0.820. The summed E-state index contributed by atoms with van der Waals surface area (Å²) in [4.78, 5) is 0. The molecule has 0 saturated carbocycles. The maximum Gasteiger partial charge on any atom is 0.0320 e. The predicted octanol–water partition coefficient (Wildman–Crippen LogP) is 3.53. The fraction of sp³-hybridized carbons (Fsp3) is 0.538. The summed E-state index contributed by atoms with van der Waals surface area (Å²) in [5.41, 5.74) is 1.42. The van der Waals surface area contributed by atoms with Gasteiger partial charge in [-0.2, -0.15) is 0 Å². The smallest absolute Gasteiger partial charge is 0.0320 e. The predicted molar refractivity (Wildman–Crippen MR) is 62.4 cm³/mol. The van der Waals surface area contributed by atoms with E-state index in [0.717, 1.165) is 6.54 Å². The highest BCUT2D eigenvalue weighted by molar-refractivity contribution is 5.18. The Kier molecular flexibility index (Phi) is 5.31. The average molecular weight is 191 g/mol. The molecule has 1 unspecified atom stereocenters. The molecule has 0 fully saturated rings. The van der Waals surface area contributed by atoms with E-state index in [1.165, 1.54) is 24.8 Å². The third kappa shape index (κ3) is 3.51. The van der Waals surface area contributed by atoms with Crippen LogP contribution in [0.2, 0.25) is 0 Å². The van der Waals surface area contributed by atoms with Crippen LogP contribution in [0.5, 0.6) is 0 Å². The Morgan fingerprint density at radius 2 is 1.79 bits per heavy atom. The lowest BCUT2D eigenvalue weighted by Crippen LogP contribution is -2.21. The Labute approximate surface area is 87.5 Å². The summed E-state index contributed by atoms with van der Waals surface area (Å²) in [7, 11) is 0. The molecule has 0 saturated heterocycles. The van der Waals surface area contributed by atoms with Gasteiger partial charge in [0, 0.05) is 6.04 Å². The molecule has 1 aromatic carbocycles. The average Bonchev–Trinajstić information content (AvgIpc) is 2.25. The van der Waals surface area contributed by atoms with E-state index in [2.05, 4.69) is 49.5 Å². The molecular weight excluding hydrogens is 170 g/mol. The second-order valence-corrected chi connectivity index (χ2v) is 3.71. The van der Waals surface area contributed by atoms with Gasteiger partial charge in [0.25, 0.3) is 0 Å². The summed E-state index contributed by atoms with van der Waals surface area (Å²) in [5, 5.41) is 3.59. The van der Waals surface area contributed by atoms with Crippen molar-refractivity contribution in [3.8, 4) is 0 Å². The summed E-state index contributed by atoms with van der Waals surface area (Å²) >= 11 is 0. The Morgan fingerprint density at radius 1 is 1.07 bits per heavy atom. The molecule has 0 bridgehead atoms. The van der Waals surface area contributed by atoms with Crippen LogP contribution < -0.4 is 5.32 Å². The first kappa shape index (κ1) is 11.3. The maximum absolute atomic E-state index is 3.59. The standard InChI is InChI=1S/C13H21N/c1-3-8-13(14-11-4-2)12-9-6-5-7-10-12/h5-7,9-10,13-14H,3-4,8,11H2,1-2H3. The van der Waals surface area contributed by atoms with Crippen molar-refractivity contribution in [2.24, 2.45) is 0 Å². The van der Waals surface area contributed by atoms with Crippen molar-refractivity contribution >= 4 is 0 Å². The van der Waals surface area contributed by atoms with Gasteiger partial charge in [-0.05, 0) is 24.9 Å². The zero-order chi connectivity index (χ0) is 10.2. The number of hydrogen-bond donors (Lipinski definition) is 1. The summed E-state index contributed by atoms with van der Waals surface area (Å²) in [6.07, 6.45) is 3.66. The van der Waals surface area contributed by atoms with Crippen LogP contribution in [-0.4, -0.2) is 6.54 Å². The van der Waals surface area contributed by atoms with E-state index in [9.17, 15) is 0 Å². The van der Waals surface area contributed by atoms with Gasteiger partial charge in [0.05, 0.1) is 0 Å². The van der Waals surface area contributed by atoms with Crippen LogP contribution in [0.1, 0.15) is 44.7 Å². The highest BCUT2D eigenvalue weighted by atomic mass is 14.9. The van der Waals surface area contributed by atoms with Gasteiger partial charge in [-0.15, -0.1) is 0 Å². The lowest BCUT2D eigenvalue weighted by molar-refractivity contribution is 0.494. The van der Waals surface area contributed by atoms with Crippen molar-refractivity contribution in [2.45, 2.75) is 39.2 Å². The van der Waals surface area contributed by atoms with Crippen molar-refractivity contribution in [1.29, 1.82) is 0 Å². The van der Waals surface area contributed by atoms with E-state index in [0.29, 0.717) is 6.04 Å². The van der Waals surface area contributed by atoms with Gasteiger partial charge in [-0.3, -0.25) is 0 Å². The molecule has 1 heteroatoms. The SMILES string of the molecule is CCCNC(CCC)c1ccccc1. The van der Waals surface area contributed by atoms with Crippen molar-refractivity contribution in [1.82, 2.24) is 5.32 Å². The van der Waals surface area contributed by atoms with Crippen molar-refractivity contribution < 1.29 is 0 Å². The van der Waals surface area contributed by atoms with Crippen LogP contribution in [0.3, 0.4) is 0 Å². The molecule has 1 N–H and O–H groups in total. The molecule has 0 aliphatic rings. The largest absolute Gasteiger partial charge is 0.310 e. The number of nitrogens with one attached hydrogen (secondary N) is 1. The molecule has 1 nitrogen and oxygen atoms in total. The fourth-order valence-corrected chi connectivity index (χ4v) is 1.68. The minimum Gasteiger partial charge on any atom is -0.310 e. The molecule has 0 amide bonds. The van der Waals surface area contributed by atoms with Gasteiger partial charge in [-0.25, -0.2) is 0 Å². The molecule has 1 atom stereocenters. The normalized spacial score (nSPS) is 12.7. The minimum atomic E-state index is 0.543. The summed E-state index contributed by atoms with van der Waals surface area (Å²) in [6, 6.07) is 11.3. The molecule has 14 heavy (non-hydrogen) atoms. The van der Waals surface area contributed by atoms with Crippen LogP contribution in [0.15, 0.2) is 30.3 Å². The molecule has 0 heterocycles. The second kappa shape index (κ2) is 6.61. The van der Waals surface area contributed by atoms with E-state index in [4.69, 9.17) is 0 Å². The Morgan fingerprint density at radius 3 is 2.36 bits per heavy atom. The number of hydrogen-bond acceptors (Lipinski definition) is 1. The molecule has 0 aliphatic carbocycles. The van der Waals surface area contributed by atoms with Crippen LogP contribution in [-0.2, 0) is 0 Å². The molecule has 0 spiro atoms. The van der Waals surface area contributed by atoms with Crippen molar-refractivity contribution in [2.75, 3.05) is 6.54 Å². The zero-order valence-corrected chi connectivity index (χ0v) is 9.29. The lowest BCUT2D eigenvalue weighted by atomic mass is 10.0. The highest BCUT2D eigenvalue weighted by Gasteiger charge is 2.07. The minimum absolute atomic E-state index is 0.543. The highest BCUT2D eigenvalue weighted by Crippen LogP contribution is 2.17. The third-order valence-electron chi connectivity index (χ3n) is 2.42. The van der Waals surface area contributed by atoms with E-state index >= 15 is 0 Å². The summed E-state index contributed by atoms with van der Waals surface area (Å²) < 4.78 is 0. The van der Waals surface area contributed by atoms with E-state index in [-0.39, 0.29) is 0 Å². The topological polar surface area (TPSA) is 12.0 Å². The molecule has 1 aromatic rings. The van der Waals surface area contributed by atoms with E-state index in [1.807, 2.05) is 0 Å². The quantitative estimate of drug-likeness (QED) is 0.725. The summed E-state index contributed by atoms with van der Waals surface area (Å²) in [5.74, 6) is 0. The van der Waals surface area contributed by atoms with Gasteiger partial charge in [0.2, 0.25) is 0 Å². The lowest BCUT2D eigenvalue weighted by Gasteiger charge is -2.17. The second-order valence-electron chi connectivity index (χ2n) is 3.71. The molecule has 1 rings (SSSR count). The van der Waals surface area contributed by atoms with Crippen LogP contribution in [0.25, 0.3) is 0 Å². The third-order valence-corrected chi connectivity index (χ3v) is 2.42. The molecular formula is C13H21N. The van der Waals surface area contributed by atoms with Gasteiger partial charge in [0.1, 0.15) is 0 Å². The van der Waals surface area contributed by atoms with Gasteiger partial charge < -0.3 is 5.32 Å². The maximum atomic E-state index is 3.59. The fourth-order valence-electron chi connectivity index (χ4n) is 1.68. The summed E-state index contributed by atoms with van der Waals surface area (Å²) in [6.45, 7) is 5.56. The van der Waals surface area contributed by atoms with Crippen LogP contribution in [0.4, 0.5) is 0 Å². The van der Waals surface area contributed by atoms with Gasteiger partial charge in [-0.1, -0.05) is 50.6 Å². The molecule has 0 aromatic heterocycles.